The lowest BCUT2D eigenvalue weighted by Gasteiger charge is -2.08. The Morgan fingerprint density at radius 1 is 0.941 bits per heavy atom. The zero-order valence-corrected chi connectivity index (χ0v) is 17.4. The highest BCUT2D eigenvalue weighted by Crippen LogP contribution is 2.35. The third kappa shape index (κ3) is 3.90. The average molecular weight is 458 g/mol. The number of nitrogens with one attached hydrogen (secondary N) is 4. The molecule has 0 saturated carbocycles. The van der Waals surface area contributed by atoms with E-state index in [1.54, 1.807) is 30.5 Å². The third-order valence-corrected chi connectivity index (χ3v) is 5.35. The summed E-state index contributed by atoms with van der Waals surface area (Å²) in [6.45, 7) is 0. The topological polar surface area (TPSA) is 107 Å². The maximum Gasteiger partial charge on any atom is 0.261 e. The van der Waals surface area contributed by atoms with Gasteiger partial charge in [-0.05, 0) is 48.0 Å². The Balaban J connectivity index is 1.42. The van der Waals surface area contributed by atoms with Crippen LogP contribution in [0.15, 0.2) is 71.9 Å². The smallest absolute Gasteiger partial charge is 0.261 e. The molecule has 2 aromatic carbocycles. The number of carbonyl (C=O) groups is 2. The van der Waals surface area contributed by atoms with E-state index in [1.165, 1.54) is 12.4 Å². The van der Waals surface area contributed by atoms with Gasteiger partial charge >= 0.3 is 0 Å². The molecule has 34 heavy (non-hydrogen) atoms. The fraction of sp³-hybridized carbons (Fsp3) is 0. The number of fused-ring (bicyclic) bond motifs is 1. The van der Waals surface area contributed by atoms with Crippen molar-refractivity contribution >= 4 is 34.8 Å². The Hall–Kier alpha value is -4.79. The molecule has 0 atom stereocenters. The normalized spacial score (nSPS) is 13.6. The number of aromatic amines is 2. The van der Waals surface area contributed by atoms with Gasteiger partial charge in [-0.1, -0.05) is 6.07 Å². The predicted octanol–water partition coefficient (Wildman–Crippen LogP) is 4.39. The van der Waals surface area contributed by atoms with Crippen LogP contribution in [0, 0.1) is 11.6 Å². The minimum Gasteiger partial charge on any atom is -0.366 e. The summed E-state index contributed by atoms with van der Waals surface area (Å²) >= 11 is 0. The van der Waals surface area contributed by atoms with Crippen molar-refractivity contribution in [2.45, 2.75) is 0 Å². The second-order valence-electron chi connectivity index (χ2n) is 7.62. The van der Waals surface area contributed by atoms with Gasteiger partial charge in [0.05, 0.1) is 11.3 Å². The number of hydrogen-bond acceptors (Lipinski definition) is 3. The van der Waals surface area contributed by atoms with Gasteiger partial charge in [0.2, 0.25) is 5.43 Å². The zero-order chi connectivity index (χ0) is 23.8. The maximum absolute atomic E-state index is 13.6. The van der Waals surface area contributed by atoms with Crippen LogP contribution in [0.1, 0.15) is 21.6 Å². The van der Waals surface area contributed by atoms with Gasteiger partial charge in [-0.25, -0.2) is 8.78 Å². The van der Waals surface area contributed by atoms with Gasteiger partial charge in [0.1, 0.15) is 17.2 Å². The van der Waals surface area contributed by atoms with Crippen LogP contribution in [0.5, 0.6) is 0 Å². The molecule has 7 nitrogen and oxygen atoms in total. The number of pyridine rings is 1. The van der Waals surface area contributed by atoms with Crippen molar-refractivity contribution in [3.05, 3.63) is 106 Å². The van der Waals surface area contributed by atoms with E-state index >= 15 is 0 Å². The van der Waals surface area contributed by atoms with E-state index < -0.39 is 23.0 Å². The molecule has 0 fully saturated rings. The number of benzene rings is 2. The number of rotatable bonds is 4. The van der Waals surface area contributed by atoms with Crippen LogP contribution in [0.25, 0.3) is 22.8 Å². The molecule has 9 heteroatoms. The molecule has 4 aromatic rings. The Morgan fingerprint density at radius 2 is 1.74 bits per heavy atom. The van der Waals surface area contributed by atoms with Gasteiger partial charge in [0.15, 0.2) is 0 Å². The summed E-state index contributed by atoms with van der Waals surface area (Å²) in [6, 6.07) is 11.2. The number of carbonyl (C=O) groups excluding carboxylic acids is 2. The summed E-state index contributed by atoms with van der Waals surface area (Å²) in [5.74, 6) is -2.67. The summed E-state index contributed by atoms with van der Waals surface area (Å²) in [6.07, 6.45) is 5.96. The van der Waals surface area contributed by atoms with Crippen LogP contribution in [-0.4, -0.2) is 21.8 Å². The van der Waals surface area contributed by atoms with Crippen molar-refractivity contribution in [3.63, 3.8) is 0 Å². The quantitative estimate of drug-likeness (QED) is 0.341. The molecular formula is C25H16F2N4O3. The summed E-state index contributed by atoms with van der Waals surface area (Å²) in [5.41, 5.74) is 1.82. The van der Waals surface area contributed by atoms with E-state index in [4.69, 9.17) is 0 Å². The van der Waals surface area contributed by atoms with Crippen molar-refractivity contribution in [2.24, 2.45) is 0 Å². The largest absolute Gasteiger partial charge is 0.366 e. The second-order valence-corrected chi connectivity index (χ2v) is 7.62. The summed E-state index contributed by atoms with van der Waals surface area (Å²) in [5, 5.41) is 5.38. The molecule has 0 radical (unpaired) electrons. The van der Waals surface area contributed by atoms with Crippen molar-refractivity contribution in [3.8, 4) is 11.1 Å². The molecule has 0 saturated heterocycles. The van der Waals surface area contributed by atoms with Crippen molar-refractivity contribution in [2.75, 3.05) is 10.6 Å². The number of amides is 2. The van der Waals surface area contributed by atoms with Gasteiger partial charge in [-0.2, -0.15) is 0 Å². The highest BCUT2D eigenvalue weighted by atomic mass is 19.1. The molecule has 0 unspecified atom stereocenters. The Labute approximate surface area is 191 Å². The van der Waals surface area contributed by atoms with Gasteiger partial charge in [0.25, 0.3) is 11.8 Å². The van der Waals surface area contributed by atoms with E-state index in [0.717, 1.165) is 17.8 Å². The first kappa shape index (κ1) is 21.1. The summed E-state index contributed by atoms with van der Waals surface area (Å²) in [7, 11) is 0. The Morgan fingerprint density at radius 3 is 2.47 bits per heavy atom. The number of hydrogen-bond donors (Lipinski definition) is 4. The lowest BCUT2D eigenvalue weighted by atomic mass is 10.0. The fourth-order valence-electron chi connectivity index (χ4n) is 3.78. The number of aromatic nitrogens is 2. The molecule has 2 aromatic heterocycles. The van der Waals surface area contributed by atoms with Crippen LogP contribution < -0.4 is 16.1 Å². The molecule has 2 amide bonds. The first-order valence-corrected chi connectivity index (χ1v) is 10.2. The molecule has 1 aliphatic heterocycles. The third-order valence-electron chi connectivity index (χ3n) is 5.35. The molecule has 1 aliphatic rings. The minimum absolute atomic E-state index is 0.00928. The van der Waals surface area contributed by atoms with E-state index in [2.05, 4.69) is 20.6 Å². The van der Waals surface area contributed by atoms with Gasteiger partial charge in [-0.3, -0.25) is 14.4 Å². The Kier molecular flexibility index (Phi) is 5.14. The molecule has 5 rings (SSSR count). The minimum atomic E-state index is -0.839. The van der Waals surface area contributed by atoms with Crippen LogP contribution in [0.3, 0.4) is 0 Å². The molecule has 0 spiro atoms. The first-order chi connectivity index (χ1) is 16.4. The van der Waals surface area contributed by atoms with E-state index in [9.17, 15) is 23.2 Å². The highest BCUT2D eigenvalue weighted by Gasteiger charge is 2.25. The van der Waals surface area contributed by atoms with Crippen molar-refractivity contribution < 1.29 is 18.4 Å². The SMILES string of the molecule is O=C1Nc2cc(NC(=O)c3c[nH]cc(-c4cc(F)cc(F)c4)c3=O)ccc2/C1=C/c1ccc[nH]1. The zero-order valence-electron chi connectivity index (χ0n) is 17.4. The molecule has 168 valence electrons. The lowest BCUT2D eigenvalue weighted by Crippen LogP contribution is -2.22. The number of H-pyrrole nitrogens is 2. The van der Waals surface area contributed by atoms with E-state index in [-0.39, 0.29) is 22.6 Å². The molecule has 0 bridgehead atoms. The van der Waals surface area contributed by atoms with E-state index in [0.29, 0.717) is 28.6 Å². The monoisotopic (exact) mass is 458 g/mol. The number of anilines is 2. The Bertz CT molecular complexity index is 1520. The van der Waals surface area contributed by atoms with Crippen molar-refractivity contribution in [1.82, 2.24) is 9.97 Å². The summed E-state index contributed by atoms with van der Waals surface area (Å²) in [4.78, 5) is 43.8. The molecular weight excluding hydrogens is 442 g/mol. The highest BCUT2D eigenvalue weighted by molar-refractivity contribution is 6.35. The lowest BCUT2D eigenvalue weighted by molar-refractivity contribution is -0.110. The predicted molar refractivity (Wildman–Crippen MR) is 124 cm³/mol. The van der Waals surface area contributed by atoms with Crippen LogP contribution in [0.4, 0.5) is 20.2 Å². The van der Waals surface area contributed by atoms with E-state index in [1.807, 2.05) is 12.1 Å². The van der Waals surface area contributed by atoms with Crippen LogP contribution >= 0.6 is 0 Å². The average Bonchev–Trinajstić information content (AvgIpc) is 3.41. The molecule has 0 aliphatic carbocycles. The standard InChI is InChI=1S/C25H16F2N4O3/c26-14-6-13(7-15(27)8-14)20-11-28-12-21(23(20)32)25(34)30-17-3-4-18-19(9-16-2-1-5-29-16)24(33)31-22(18)10-17/h1-12,29H,(H,28,32)(H,30,34)(H,31,33)/b19-9-. The molecule has 4 N–H and O–H groups in total. The van der Waals surface area contributed by atoms with Crippen LogP contribution in [0.2, 0.25) is 0 Å². The second kappa shape index (κ2) is 8.28. The molecule has 3 heterocycles. The maximum atomic E-state index is 13.6. The van der Waals surface area contributed by atoms with Gasteiger partial charge in [0, 0.05) is 47.2 Å². The van der Waals surface area contributed by atoms with Crippen molar-refractivity contribution in [1.29, 1.82) is 0 Å². The van der Waals surface area contributed by atoms with Gasteiger partial charge < -0.3 is 20.6 Å². The first-order valence-electron chi connectivity index (χ1n) is 10.2. The van der Waals surface area contributed by atoms with Gasteiger partial charge in [-0.15, -0.1) is 0 Å². The fourth-order valence-corrected chi connectivity index (χ4v) is 3.78. The summed E-state index contributed by atoms with van der Waals surface area (Å²) < 4.78 is 27.2. The number of halogens is 2. The van der Waals surface area contributed by atoms with Crippen LogP contribution in [-0.2, 0) is 4.79 Å².